The molecule has 9 nitrogen and oxygen atoms in total. The summed E-state index contributed by atoms with van der Waals surface area (Å²) in [4.78, 5) is 34.5. The number of Topliss-reactive ketones (excluding diaryl/α,β-unsaturated/α-hetero) is 1. The number of alkyl carbamates (subject to hydrolysis) is 1. The number of hydrogen-bond acceptors (Lipinski definition) is 8. The quantitative estimate of drug-likeness (QED) is 0.258. The van der Waals surface area contributed by atoms with Gasteiger partial charge in [-0.25, -0.2) is 21.0 Å². The lowest BCUT2D eigenvalue weighted by atomic mass is 10.2. The van der Waals surface area contributed by atoms with Gasteiger partial charge in [0.1, 0.15) is 5.60 Å². The topological polar surface area (TPSA) is 132 Å². The summed E-state index contributed by atoms with van der Waals surface area (Å²) < 4.78 is 9.69. The second-order valence-electron chi connectivity index (χ2n) is 4.98. The Balaban J connectivity index is 4.37. The molecule has 0 atom stereocenters. The van der Waals surface area contributed by atoms with E-state index in [1.165, 1.54) is 0 Å². The third-order valence-electron chi connectivity index (χ3n) is 1.90. The molecule has 0 spiro atoms. The Morgan fingerprint density at radius 2 is 1.86 bits per heavy atom. The van der Waals surface area contributed by atoms with Crippen LogP contribution in [0.25, 0.3) is 0 Å². The Kier molecular flexibility index (Phi) is 7.99. The summed E-state index contributed by atoms with van der Waals surface area (Å²) in [7, 11) is 0. The Bertz CT molecular complexity index is 414. The summed E-state index contributed by atoms with van der Waals surface area (Å²) in [5.41, 5.74) is 1.10. The van der Waals surface area contributed by atoms with Crippen LogP contribution in [0.2, 0.25) is 0 Å². The summed E-state index contributed by atoms with van der Waals surface area (Å²) in [5.74, 6) is 3.79. The lowest BCUT2D eigenvalue weighted by Crippen LogP contribution is -2.36. The standard InChI is InChI=1S/C12H22N4O5/c1-5-20-10(18)9(15-16-13)6-8(17)7-14-11(19)21-12(2,3)4/h16H,5-7,13H2,1-4H3,(H,14,19). The number of hydrazine groups is 1. The van der Waals surface area contributed by atoms with Crippen molar-refractivity contribution in [2.24, 2.45) is 10.9 Å². The van der Waals surface area contributed by atoms with Gasteiger partial charge in [-0.05, 0) is 27.7 Å². The molecule has 120 valence electrons. The van der Waals surface area contributed by atoms with Crippen LogP contribution in [-0.4, -0.2) is 42.3 Å². The molecule has 0 rings (SSSR count). The molecule has 0 aromatic carbocycles. The molecule has 9 heteroatoms. The summed E-state index contributed by atoms with van der Waals surface area (Å²) >= 11 is 0. The van der Waals surface area contributed by atoms with Gasteiger partial charge >= 0.3 is 12.1 Å². The van der Waals surface area contributed by atoms with Crippen LogP contribution in [0.5, 0.6) is 0 Å². The summed E-state index contributed by atoms with van der Waals surface area (Å²) in [6, 6.07) is 0. The fraction of sp³-hybridized carbons (Fsp3) is 0.667. The number of nitrogens with two attached hydrogens (primary N) is 1. The van der Waals surface area contributed by atoms with Crippen LogP contribution in [-0.2, 0) is 19.1 Å². The van der Waals surface area contributed by atoms with E-state index < -0.39 is 23.4 Å². The van der Waals surface area contributed by atoms with Crippen molar-refractivity contribution in [1.82, 2.24) is 10.9 Å². The molecule has 1 amide bonds. The van der Waals surface area contributed by atoms with Gasteiger partial charge in [-0.15, -0.1) is 0 Å². The third-order valence-corrected chi connectivity index (χ3v) is 1.90. The van der Waals surface area contributed by atoms with Gasteiger partial charge in [-0.3, -0.25) is 4.79 Å². The van der Waals surface area contributed by atoms with Crippen molar-refractivity contribution >= 4 is 23.6 Å². The van der Waals surface area contributed by atoms with E-state index >= 15 is 0 Å². The Morgan fingerprint density at radius 3 is 2.33 bits per heavy atom. The highest BCUT2D eigenvalue weighted by atomic mass is 16.6. The maximum absolute atomic E-state index is 11.7. The van der Waals surface area contributed by atoms with E-state index in [1.54, 1.807) is 27.7 Å². The minimum atomic E-state index is -0.749. The number of esters is 1. The van der Waals surface area contributed by atoms with Crippen LogP contribution >= 0.6 is 0 Å². The zero-order chi connectivity index (χ0) is 16.5. The van der Waals surface area contributed by atoms with Gasteiger partial charge in [-0.2, -0.15) is 5.10 Å². The van der Waals surface area contributed by atoms with Crippen molar-refractivity contribution < 1.29 is 23.9 Å². The first-order valence-electron chi connectivity index (χ1n) is 6.37. The van der Waals surface area contributed by atoms with E-state index in [0.29, 0.717) is 0 Å². The number of ketones is 1. The molecule has 0 fully saturated rings. The van der Waals surface area contributed by atoms with Gasteiger partial charge in [0, 0.05) is 0 Å². The smallest absolute Gasteiger partial charge is 0.408 e. The maximum Gasteiger partial charge on any atom is 0.408 e. The summed E-state index contributed by atoms with van der Waals surface area (Å²) in [6.45, 7) is 6.58. The van der Waals surface area contributed by atoms with E-state index in [9.17, 15) is 14.4 Å². The van der Waals surface area contributed by atoms with Crippen molar-refractivity contribution in [1.29, 1.82) is 0 Å². The number of nitrogens with zero attached hydrogens (tertiary/aromatic N) is 1. The number of amides is 1. The van der Waals surface area contributed by atoms with Gasteiger partial charge in [0.2, 0.25) is 0 Å². The highest BCUT2D eigenvalue weighted by Crippen LogP contribution is 2.06. The first kappa shape index (κ1) is 18.8. The SMILES string of the molecule is CCOC(=O)C(CC(=O)CNC(=O)OC(C)(C)C)=NNN. The third kappa shape index (κ3) is 9.38. The highest BCUT2D eigenvalue weighted by Gasteiger charge is 2.20. The number of rotatable bonds is 7. The van der Waals surface area contributed by atoms with E-state index in [2.05, 4.69) is 10.4 Å². The lowest BCUT2D eigenvalue weighted by Gasteiger charge is -2.19. The van der Waals surface area contributed by atoms with Crippen LogP contribution in [0, 0.1) is 0 Å². The van der Waals surface area contributed by atoms with Crippen LogP contribution < -0.4 is 16.7 Å². The molecule has 0 aliphatic rings. The lowest BCUT2D eigenvalue weighted by molar-refractivity contribution is -0.135. The fourth-order valence-corrected chi connectivity index (χ4v) is 1.18. The zero-order valence-corrected chi connectivity index (χ0v) is 12.7. The zero-order valence-electron chi connectivity index (χ0n) is 12.7. The summed E-state index contributed by atoms with van der Waals surface area (Å²) in [6.07, 6.45) is -1.04. The molecule has 0 saturated carbocycles. The normalized spacial score (nSPS) is 11.6. The molecule has 0 aromatic rings. The molecular formula is C12H22N4O5. The molecule has 0 bridgehead atoms. The largest absolute Gasteiger partial charge is 0.461 e. The van der Waals surface area contributed by atoms with Gasteiger partial charge in [0.05, 0.1) is 19.6 Å². The molecule has 0 radical (unpaired) electrons. The highest BCUT2D eigenvalue weighted by molar-refractivity contribution is 6.39. The van der Waals surface area contributed by atoms with Crippen molar-refractivity contribution in [3.63, 3.8) is 0 Å². The Morgan fingerprint density at radius 1 is 1.24 bits per heavy atom. The summed E-state index contributed by atoms with van der Waals surface area (Å²) in [5, 5.41) is 5.76. The predicted octanol–water partition coefficient (Wildman–Crippen LogP) is -0.147. The van der Waals surface area contributed by atoms with Gasteiger partial charge in [0.25, 0.3) is 0 Å². The van der Waals surface area contributed by atoms with Crippen molar-refractivity contribution in [3.05, 3.63) is 0 Å². The predicted molar refractivity (Wildman–Crippen MR) is 75.3 cm³/mol. The van der Waals surface area contributed by atoms with Crippen LogP contribution in [0.15, 0.2) is 5.10 Å². The number of carbonyl (C=O) groups excluding carboxylic acids is 3. The number of hydrazone groups is 1. The molecule has 0 aliphatic heterocycles. The maximum atomic E-state index is 11.7. The van der Waals surface area contributed by atoms with Gasteiger partial charge in [0.15, 0.2) is 11.5 Å². The molecule has 0 aliphatic carbocycles. The van der Waals surface area contributed by atoms with Gasteiger partial charge < -0.3 is 14.8 Å². The molecule has 0 unspecified atom stereocenters. The second-order valence-corrected chi connectivity index (χ2v) is 4.98. The number of carbonyl (C=O) groups is 3. The fourth-order valence-electron chi connectivity index (χ4n) is 1.18. The van der Waals surface area contributed by atoms with Crippen molar-refractivity contribution in [2.75, 3.05) is 13.2 Å². The van der Waals surface area contributed by atoms with E-state index in [0.717, 1.165) is 0 Å². The average molecular weight is 302 g/mol. The van der Waals surface area contributed by atoms with Crippen molar-refractivity contribution in [3.8, 4) is 0 Å². The molecule has 0 heterocycles. The number of nitrogens with one attached hydrogen (secondary N) is 2. The van der Waals surface area contributed by atoms with E-state index in [-0.39, 0.29) is 25.3 Å². The molecule has 0 saturated heterocycles. The second kappa shape index (κ2) is 8.90. The molecule has 4 N–H and O–H groups in total. The number of hydrogen-bond donors (Lipinski definition) is 3. The Labute approximate surface area is 123 Å². The van der Waals surface area contributed by atoms with E-state index in [1.807, 2.05) is 5.53 Å². The van der Waals surface area contributed by atoms with Crippen LogP contribution in [0.4, 0.5) is 4.79 Å². The first-order chi connectivity index (χ1) is 9.69. The minimum absolute atomic E-state index is 0.146. The minimum Gasteiger partial charge on any atom is -0.461 e. The van der Waals surface area contributed by atoms with Crippen molar-refractivity contribution in [2.45, 2.75) is 39.7 Å². The van der Waals surface area contributed by atoms with E-state index in [4.69, 9.17) is 15.3 Å². The Hall–Kier alpha value is -2.16. The monoisotopic (exact) mass is 302 g/mol. The molecule has 21 heavy (non-hydrogen) atoms. The van der Waals surface area contributed by atoms with Crippen LogP contribution in [0.3, 0.4) is 0 Å². The first-order valence-corrected chi connectivity index (χ1v) is 6.37. The molecule has 0 aromatic heterocycles. The molecular weight excluding hydrogens is 280 g/mol. The van der Waals surface area contributed by atoms with Crippen LogP contribution in [0.1, 0.15) is 34.1 Å². The van der Waals surface area contributed by atoms with Gasteiger partial charge in [-0.1, -0.05) is 0 Å². The average Bonchev–Trinajstić information content (AvgIpc) is 2.34. The number of ether oxygens (including phenoxy) is 2.